The largest absolute Gasteiger partial charge is 0.355 e. The maximum absolute atomic E-state index is 6.10. The van der Waals surface area contributed by atoms with Gasteiger partial charge in [0.15, 0.2) is 0 Å². The van der Waals surface area contributed by atoms with Gasteiger partial charge in [0.05, 0.1) is 11.4 Å². The first-order chi connectivity index (χ1) is 8.42. The van der Waals surface area contributed by atoms with Gasteiger partial charge in [-0.1, -0.05) is 42.5 Å². The predicted molar refractivity (Wildman–Crippen MR) is 67.5 cm³/mol. The van der Waals surface area contributed by atoms with Crippen molar-refractivity contribution in [2.45, 2.75) is 12.2 Å². The quantitative estimate of drug-likeness (QED) is 0.659. The Labute approximate surface area is 99.6 Å². The molecule has 2 atom stereocenters. The Bertz CT molecular complexity index is 607. The summed E-state index contributed by atoms with van der Waals surface area (Å²) in [5, 5.41) is 0. The Hall–Kier alpha value is -1.93. The van der Waals surface area contributed by atoms with Gasteiger partial charge in [-0.05, 0) is 17.7 Å². The van der Waals surface area contributed by atoms with E-state index in [1.54, 1.807) is 0 Å². The first-order valence-corrected chi connectivity index (χ1v) is 5.81. The molecule has 2 unspecified atom stereocenters. The van der Waals surface area contributed by atoms with E-state index >= 15 is 0 Å². The van der Waals surface area contributed by atoms with E-state index in [1.807, 2.05) is 30.4 Å². The molecule has 1 aromatic rings. The average Bonchev–Trinajstić information content (AvgIpc) is 2.73. The standard InChI is InChI=1S/C15H11NO/c1-4-8-14-10(5-1)9-13-15(17-14)11-6-2-3-7-12(11)16-13/h1-9,14-15H. The van der Waals surface area contributed by atoms with E-state index in [9.17, 15) is 0 Å². The number of rotatable bonds is 0. The lowest BCUT2D eigenvalue weighted by Crippen LogP contribution is -2.26. The third-order valence-corrected chi connectivity index (χ3v) is 3.35. The van der Waals surface area contributed by atoms with Crippen molar-refractivity contribution in [1.82, 2.24) is 0 Å². The zero-order valence-electron chi connectivity index (χ0n) is 9.21. The Kier molecular flexibility index (Phi) is 1.76. The molecule has 0 bridgehead atoms. The monoisotopic (exact) mass is 221 g/mol. The zero-order valence-corrected chi connectivity index (χ0v) is 9.21. The second-order valence-electron chi connectivity index (χ2n) is 4.42. The van der Waals surface area contributed by atoms with Crippen LogP contribution in [0.1, 0.15) is 11.7 Å². The summed E-state index contributed by atoms with van der Waals surface area (Å²) in [7, 11) is 0. The van der Waals surface area contributed by atoms with Crippen LogP contribution in [0.15, 0.2) is 65.2 Å². The van der Waals surface area contributed by atoms with Crippen molar-refractivity contribution in [1.29, 1.82) is 0 Å². The van der Waals surface area contributed by atoms with Crippen LogP contribution in [-0.2, 0) is 4.74 Å². The number of allylic oxidation sites excluding steroid dienone is 2. The van der Waals surface area contributed by atoms with Gasteiger partial charge in [-0.2, -0.15) is 0 Å². The van der Waals surface area contributed by atoms with Gasteiger partial charge in [0.1, 0.15) is 12.2 Å². The van der Waals surface area contributed by atoms with Gasteiger partial charge in [-0.3, -0.25) is 0 Å². The Balaban J connectivity index is 1.84. The lowest BCUT2D eigenvalue weighted by molar-refractivity contribution is 0.0724. The molecule has 2 heteroatoms. The highest BCUT2D eigenvalue weighted by Gasteiger charge is 2.33. The molecule has 0 saturated heterocycles. The third-order valence-electron chi connectivity index (χ3n) is 3.35. The van der Waals surface area contributed by atoms with Gasteiger partial charge >= 0.3 is 0 Å². The Morgan fingerprint density at radius 2 is 2.06 bits per heavy atom. The van der Waals surface area contributed by atoms with Crippen LogP contribution in [0.3, 0.4) is 0 Å². The van der Waals surface area contributed by atoms with Crippen molar-refractivity contribution in [2.24, 2.45) is 4.99 Å². The van der Waals surface area contributed by atoms with Crippen LogP contribution in [-0.4, -0.2) is 11.8 Å². The van der Waals surface area contributed by atoms with E-state index in [0.717, 1.165) is 11.4 Å². The minimum atomic E-state index is 0.0103. The third kappa shape index (κ3) is 1.28. The molecule has 0 aromatic heterocycles. The first-order valence-electron chi connectivity index (χ1n) is 5.81. The maximum atomic E-state index is 6.10. The van der Waals surface area contributed by atoms with Crippen molar-refractivity contribution in [2.75, 3.05) is 0 Å². The van der Waals surface area contributed by atoms with Gasteiger partial charge in [-0.25, -0.2) is 4.99 Å². The lowest BCUT2D eigenvalue weighted by atomic mass is 9.96. The van der Waals surface area contributed by atoms with Gasteiger partial charge in [0, 0.05) is 5.56 Å². The zero-order chi connectivity index (χ0) is 11.2. The van der Waals surface area contributed by atoms with Crippen molar-refractivity contribution in [3.63, 3.8) is 0 Å². The van der Waals surface area contributed by atoms with E-state index in [-0.39, 0.29) is 12.2 Å². The molecule has 0 saturated carbocycles. The molecule has 0 spiro atoms. The summed E-state index contributed by atoms with van der Waals surface area (Å²) < 4.78 is 6.10. The summed E-state index contributed by atoms with van der Waals surface area (Å²) >= 11 is 0. The van der Waals surface area contributed by atoms with Crippen LogP contribution in [0.2, 0.25) is 0 Å². The van der Waals surface area contributed by atoms with Crippen molar-refractivity contribution >= 4 is 11.4 Å². The molecule has 3 aliphatic rings. The number of hydrogen-bond acceptors (Lipinski definition) is 2. The van der Waals surface area contributed by atoms with Gasteiger partial charge in [-0.15, -0.1) is 0 Å². The molecule has 0 amide bonds. The van der Waals surface area contributed by atoms with Gasteiger partial charge in [0.25, 0.3) is 0 Å². The summed E-state index contributed by atoms with van der Waals surface area (Å²) in [5.74, 6) is 0. The second-order valence-corrected chi connectivity index (χ2v) is 4.42. The topological polar surface area (TPSA) is 21.6 Å². The molecule has 2 aliphatic heterocycles. The van der Waals surface area contributed by atoms with E-state index in [4.69, 9.17) is 4.74 Å². The molecule has 2 heterocycles. The molecule has 0 fully saturated rings. The Morgan fingerprint density at radius 3 is 3.06 bits per heavy atom. The summed E-state index contributed by atoms with van der Waals surface area (Å²) in [5.41, 5.74) is 4.43. The Morgan fingerprint density at radius 1 is 1.12 bits per heavy atom. The SMILES string of the molecule is C1=CC2=CC3=Nc4ccccc4C3OC2C=C1. The number of para-hydroxylation sites is 1. The maximum Gasteiger partial charge on any atom is 0.128 e. The molecule has 4 rings (SSSR count). The molecule has 1 aliphatic carbocycles. The smallest absolute Gasteiger partial charge is 0.128 e. The number of benzene rings is 1. The van der Waals surface area contributed by atoms with Crippen molar-refractivity contribution < 1.29 is 4.74 Å². The molecule has 1 aromatic carbocycles. The predicted octanol–water partition coefficient (Wildman–Crippen LogP) is 3.27. The summed E-state index contributed by atoms with van der Waals surface area (Å²) in [4.78, 5) is 4.62. The van der Waals surface area contributed by atoms with Crippen molar-refractivity contribution in [3.05, 3.63) is 65.8 Å². The fourth-order valence-electron chi connectivity index (χ4n) is 2.53. The van der Waals surface area contributed by atoms with E-state index < -0.39 is 0 Å². The average molecular weight is 221 g/mol. The molecule has 82 valence electrons. The highest BCUT2D eigenvalue weighted by atomic mass is 16.5. The fraction of sp³-hybridized carbons (Fsp3) is 0.133. The van der Waals surface area contributed by atoms with Crippen molar-refractivity contribution in [3.8, 4) is 0 Å². The fourth-order valence-corrected chi connectivity index (χ4v) is 2.53. The van der Waals surface area contributed by atoms with Crippen LogP contribution in [0, 0.1) is 0 Å². The van der Waals surface area contributed by atoms with Gasteiger partial charge in [0.2, 0.25) is 0 Å². The number of fused-ring (bicyclic) bond motifs is 4. The van der Waals surface area contributed by atoms with E-state index in [0.29, 0.717) is 0 Å². The summed E-state index contributed by atoms with van der Waals surface area (Å²) in [6.45, 7) is 0. The lowest BCUT2D eigenvalue weighted by Gasteiger charge is -2.27. The molecule has 0 N–H and O–H groups in total. The van der Waals surface area contributed by atoms with Crippen LogP contribution < -0.4 is 0 Å². The molecule has 2 nitrogen and oxygen atoms in total. The first kappa shape index (κ1) is 9.14. The summed E-state index contributed by atoms with van der Waals surface area (Å²) in [6, 6.07) is 8.19. The van der Waals surface area contributed by atoms with Crippen LogP contribution in [0.5, 0.6) is 0 Å². The molecular weight excluding hydrogens is 210 g/mol. The van der Waals surface area contributed by atoms with E-state index in [2.05, 4.69) is 29.3 Å². The molecule has 0 radical (unpaired) electrons. The molecular formula is C15H11NO. The van der Waals surface area contributed by atoms with Crippen LogP contribution >= 0.6 is 0 Å². The number of nitrogens with zero attached hydrogens (tertiary/aromatic N) is 1. The highest BCUT2D eigenvalue weighted by Crippen LogP contribution is 2.41. The van der Waals surface area contributed by atoms with Crippen LogP contribution in [0.4, 0.5) is 5.69 Å². The number of hydrogen-bond donors (Lipinski definition) is 0. The number of aliphatic imine (C=N–C) groups is 1. The van der Waals surface area contributed by atoms with Gasteiger partial charge < -0.3 is 4.74 Å². The number of ether oxygens (including phenoxy) is 1. The minimum Gasteiger partial charge on any atom is -0.355 e. The van der Waals surface area contributed by atoms with Crippen LogP contribution in [0.25, 0.3) is 0 Å². The normalized spacial score (nSPS) is 28.0. The minimum absolute atomic E-state index is 0.0103. The van der Waals surface area contributed by atoms with E-state index in [1.165, 1.54) is 11.1 Å². The molecule has 17 heavy (non-hydrogen) atoms. The summed E-state index contributed by atoms with van der Waals surface area (Å²) in [6.07, 6.45) is 10.5. The highest BCUT2D eigenvalue weighted by molar-refractivity contribution is 6.06. The second kappa shape index (κ2) is 3.28.